The summed E-state index contributed by atoms with van der Waals surface area (Å²) in [5.74, 6) is 0.108. The number of piperidine rings is 1. The van der Waals surface area contributed by atoms with Crippen molar-refractivity contribution in [1.29, 1.82) is 0 Å². The molecule has 1 unspecified atom stereocenters. The van der Waals surface area contributed by atoms with Gasteiger partial charge in [0.1, 0.15) is 11.6 Å². The van der Waals surface area contributed by atoms with E-state index < -0.39 is 17.6 Å². The Hall–Kier alpha value is -2.90. The van der Waals surface area contributed by atoms with Crippen LogP contribution in [-0.4, -0.2) is 32.5 Å². The Bertz CT molecular complexity index is 1160. The third-order valence-corrected chi connectivity index (χ3v) is 7.04. The topological polar surface area (TPSA) is 99.4 Å². The third-order valence-electron chi connectivity index (χ3n) is 7.04. The normalized spacial score (nSPS) is 23.7. The number of nitrogens with one attached hydrogen (secondary N) is 1. The molecule has 1 N–H and O–H groups in total. The molecule has 0 spiro atoms. The molecule has 0 radical (unpaired) electrons. The van der Waals surface area contributed by atoms with Crippen LogP contribution in [-0.2, 0) is 32.6 Å². The maximum atomic E-state index is 12.9. The smallest absolute Gasteiger partial charge is 0.329 e. The molecule has 0 bridgehead atoms. The molecule has 1 aromatic heterocycles. The molecule has 2 heterocycles. The van der Waals surface area contributed by atoms with Crippen molar-refractivity contribution in [2.75, 3.05) is 0 Å². The maximum Gasteiger partial charge on any atom is 0.329 e. The minimum Gasteiger partial charge on any atom is -0.460 e. The average molecular weight is 470 g/mol. The number of ether oxygens (including phenoxy) is 1. The first-order valence-electron chi connectivity index (χ1n) is 12.3. The molecule has 8 nitrogen and oxygen atoms in total. The zero-order valence-corrected chi connectivity index (χ0v) is 20.6. The molecule has 1 aliphatic carbocycles. The van der Waals surface area contributed by atoms with E-state index in [1.54, 1.807) is 11.6 Å². The van der Waals surface area contributed by atoms with Gasteiger partial charge in [-0.3, -0.25) is 28.8 Å². The summed E-state index contributed by atoms with van der Waals surface area (Å²) in [7, 11) is 1.72. The molecular formula is C26H35N3O5. The molecule has 1 saturated carbocycles. The Labute approximate surface area is 199 Å². The second-order valence-corrected chi connectivity index (χ2v) is 10.9. The van der Waals surface area contributed by atoms with Crippen molar-refractivity contribution >= 4 is 28.8 Å². The molecule has 8 heteroatoms. The largest absolute Gasteiger partial charge is 0.460 e. The third kappa shape index (κ3) is 5.26. The molecule has 1 aromatic carbocycles. The number of carbonyl (C=O) groups excluding carboxylic acids is 3. The quantitative estimate of drug-likeness (QED) is 0.534. The summed E-state index contributed by atoms with van der Waals surface area (Å²) in [4.78, 5) is 49.0. The van der Waals surface area contributed by atoms with E-state index in [4.69, 9.17) is 4.74 Å². The highest BCUT2D eigenvalue weighted by atomic mass is 16.6. The number of hydrogen-bond acceptors (Lipinski definition) is 5. The number of esters is 1. The monoisotopic (exact) mass is 469 g/mol. The average Bonchev–Trinajstić information content (AvgIpc) is 2.98. The highest BCUT2D eigenvalue weighted by Crippen LogP contribution is 2.34. The number of aromatic nitrogens is 2. The molecule has 1 aliphatic heterocycles. The van der Waals surface area contributed by atoms with E-state index in [9.17, 15) is 19.2 Å². The molecular weight excluding hydrogens is 434 g/mol. The van der Waals surface area contributed by atoms with Gasteiger partial charge in [0.2, 0.25) is 11.8 Å². The Kier molecular flexibility index (Phi) is 6.69. The van der Waals surface area contributed by atoms with Crippen LogP contribution in [0, 0.1) is 11.8 Å². The zero-order chi connectivity index (χ0) is 24.6. The summed E-state index contributed by atoms with van der Waals surface area (Å²) >= 11 is 0. The van der Waals surface area contributed by atoms with Gasteiger partial charge in [0.05, 0.1) is 11.0 Å². The predicted octanol–water partition coefficient (Wildman–Crippen LogP) is 3.40. The maximum absolute atomic E-state index is 12.9. The number of benzene rings is 1. The first-order chi connectivity index (χ1) is 16.0. The van der Waals surface area contributed by atoms with E-state index in [2.05, 4.69) is 5.32 Å². The Morgan fingerprint density at radius 3 is 2.35 bits per heavy atom. The van der Waals surface area contributed by atoms with Crippen LogP contribution in [0.2, 0.25) is 0 Å². The number of imide groups is 1. The van der Waals surface area contributed by atoms with Crippen LogP contribution >= 0.6 is 0 Å². The van der Waals surface area contributed by atoms with Gasteiger partial charge in [0.25, 0.3) is 0 Å². The van der Waals surface area contributed by atoms with Crippen LogP contribution in [0.1, 0.15) is 77.3 Å². The predicted molar refractivity (Wildman–Crippen MR) is 128 cm³/mol. The van der Waals surface area contributed by atoms with Crippen LogP contribution in [0.25, 0.3) is 11.0 Å². The first kappa shape index (κ1) is 24.2. The van der Waals surface area contributed by atoms with Gasteiger partial charge in [-0.1, -0.05) is 6.07 Å². The Morgan fingerprint density at radius 2 is 1.71 bits per heavy atom. The van der Waals surface area contributed by atoms with Crippen molar-refractivity contribution in [3.8, 4) is 0 Å². The van der Waals surface area contributed by atoms with Crippen molar-refractivity contribution in [3.63, 3.8) is 0 Å². The van der Waals surface area contributed by atoms with Gasteiger partial charge in [0.15, 0.2) is 0 Å². The van der Waals surface area contributed by atoms with Crippen LogP contribution < -0.4 is 11.0 Å². The highest BCUT2D eigenvalue weighted by molar-refractivity contribution is 6.00. The lowest BCUT2D eigenvalue weighted by molar-refractivity contribution is -0.156. The summed E-state index contributed by atoms with van der Waals surface area (Å²) in [5.41, 5.74) is 1.99. The van der Waals surface area contributed by atoms with Crippen LogP contribution in [0.3, 0.4) is 0 Å². The number of nitrogens with zero attached hydrogens (tertiary/aromatic N) is 2. The number of aryl methyl sites for hydroxylation is 1. The van der Waals surface area contributed by atoms with E-state index >= 15 is 0 Å². The molecule has 34 heavy (non-hydrogen) atoms. The van der Waals surface area contributed by atoms with Crippen LogP contribution in [0.4, 0.5) is 0 Å². The minimum atomic E-state index is -0.667. The van der Waals surface area contributed by atoms with E-state index in [-0.39, 0.29) is 24.0 Å². The standard InChI is InChI=1S/C26H35N3O5/c1-26(2,3)34-23(31)15-17-7-5-16(6-8-17)13-18-9-10-19-21(14-18)28(4)25(33)29(19)20-11-12-22(30)27-24(20)32/h9-10,14,16-17,20H,5-8,11-13,15H2,1-4H3,(H,27,30,32). The van der Waals surface area contributed by atoms with Crippen molar-refractivity contribution in [2.45, 2.75) is 83.8 Å². The minimum absolute atomic E-state index is 0.108. The van der Waals surface area contributed by atoms with Gasteiger partial charge < -0.3 is 4.74 Å². The number of amides is 2. The van der Waals surface area contributed by atoms with E-state index in [0.29, 0.717) is 30.2 Å². The van der Waals surface area contributed by atoms with Gasteiger partial charge >= 0.3 is 11.7 Å². The Morgan fingerprint density at radius 1 is 1.03 bits per heavy atom. The van der Waals surface area contributed by atoms with Gasteiger partial charge in [-0.15, -0.1) is 0 Å². The summed E-state index contributed by atoms with van der Waals surface area (Å²) in [6, 6.07) is 5.34. The fourth-order valence-electron chi connectivity index (χ4n) is 5.36. The van der Waals surface area contributed by atoms with Crippen LogP contribution in [0.15, 0.2) is 23.0 Å². The molecule has 1 saturated heterocycles. The molecule has 184 valence electrons. The van der Waals surface area contributed by atoms with Gasteiger partial charge in [-0.2, -0.15) is 0 Å². The van der Waals surface area contributed by atoms with Gasteiger partial charge in [0, 0.05) is 19.9 Å². The van der Waals surface area contributed by atoms with Gasteiger partial charge in [-0.05, 0) is 88.8 Å². The molecule has 4 rings (SSSR count). The molecule has 1 atom stereocenters. The second kappa shape index (κ2) is 9.39. The molecule has 2 aliphatic rings. The van der Waals surface area contributed by atoms with E-state index in [0.717, 1.165) is 37.6 Å². The van der Waals surface area contributed by atoms with Crippen molar-refractivity contribution in [2.24, 2.45) is 18.9 Å². The highest BCUT2D eigenvalue weighted by Gasteiger charge is 2.31. The SMILES string of the molecule is Cn1c(=O)n(C2CCC(=O)NC2=O)c2ccc(CC3CCC(CC(=O)OC(C)(C)C)CC3)cc21. The summed E-state index contributed by atoms with van der Waals surface area (Å²) < 4.78 is 8.57. The van der Waals surface area contributed by atoms with E-state index in [1.807, 2.05) is 39.0 Å². The lowest BCUT2D eigenvalue weighted by Crippen LogP contribution is -2.44. The van der Waals surface area contributed by atoms with Crippen molar-refractivity contribution < 1.29 is 19.1 Å². The number of hydrogen-bond donors (Lipinski definition) is 1. The van der Waals surface area contributed by atoms with Crippen molar-refractivity contribution in [1.82, 2.24) is 14.5 Å². The zero-order valence-electron chi connectivity index (χ0n) is 20.6. The molecule has 2 fully saturated rings. The summed E-state index contributed by atoms with van der Waals surface area (Å²) in [6.07, 6.45) is 6.17. The number of carbonyl (C=O) groups is 3. The van der Waals surface area contributed by atoms with Gasteiger partial charge in [-0.25, -0.2) is 4.79 Å². The first-order valence-corrected chi connectivity index (χ1v) is 12.3. The fourth-order valence-corrected chi connectivity index (χ4v) is 5.36. The van der Waals surface area contributed by atoms with Crippen molar-refractivity contribution in [3.05, 3.63) is 34.2 Å². The summed E-state index contributed by atoms with van der Waals surface area (Å²) in [5, 5.41) is 2.34. The van der Waals surface area contributed by atoms with Crippen LogP contribution in [0.5, 0.6) is 0 Å². The summed E-state index contributed by atoms with van der Waals surface area (Å²) in [6.45, 7) is 5.69. The number of imidazole rings is 1. The lowest BCUT2D eigenvalue weighted by Gasteiger charge is -2.29. The Balaban J connectivity index is 1.42. The molecule has 2 amide bonds. The molecule has 2 aromatic rings. The van der Waals surface area contributed by atoms with E-state index in [1.165, 1.54) is 10.1 Å². The lowest BCUT2D eigenvalue weighted by atomic mass is 9.78. The number of fused-ring (bicyclic) bond motifs is 1. The fraction of sp³-hybridized carbons (Fsp3) is 0.615. The number of rotatable bonds is 5. The second-order valence-electron chi connectivity index (χ2n) is 10.9.